The fourth-order valence-corrected chi connectivity index (χ4v) is 8.04. The van der Waals surface area contributed by atoms with Crippen LogP contribution in [0.15, 0.2) is 71.2 Å². The number of rotatable bonds is 8. The molecule has 0 radical (unpaired) electrons. The van der Waals surface area contributed by atoms with Crippen LogP contribution in [-0.4, -0.2) is 66.4 Å². The molecule has 3 atom stereocenters. The van der Waals surface area contributed by atoms with E-state index in [-0.39, 0.29) is 29.5 Å². The molecule has 1 N–H and O–H groups in total. The number of pyridine rings is 1. The molecule has 40 heavy (non-hydrogen) atoms. The Labute approximate surface area is 235 Å². The van der Waals surface area contributed by atoms with Gasteiger partial charge in [-0.05, 0) is 54.0 Å². The second kappa shape index (κ2) is 10.4. The van der Waals surface area contributed by atoms with Gasteiger partial charge in [0, 0.05) is 29.1 Å². The van der Waals surface area contributed by atoms with Crippen LogP contribution in [0.25, 0.3) is 10.4 Å². The minimum Gasteiger partial charge on any atom is -0.618 e. The first-order chi connectivity index (χ1) is 19.2. The van der Waals surface area contributed by atoms with Crippen molar-refractivity contribution < 1.29 is 27.5 Å². The van der Waals surface area contributed by atoms with Crippen molar-refractivity contribution in [3.8, 4) is 10.4 Å². The molecule has 0 spiro atoms. The van der Waals surface area contributed by atoms with E-state index in [1.807, 2.05) is 29.6 Å². The molecule has 3 fully saturated rings. The molecule has 3 unspecified atom stereocenters. The maximum Gasteiger partial charge on any atom is 0.323 e. The predicted octanol–water partition coefficient (Wildman–Crippen LogP) is 2.19. The number of amides is 2. The zero-order chi connectivity index (χ0) is 28.0. The van der Waals surface area contributed by atoms with Gasteiger partial charge in [0.05, 0.1) is 12.6 Å². The molecule has 12 heteroatoms. The molecule has 4 heterocycles. The van der Waals surface area contributed by atoms with E-state index in [9.17, 15) is 28.0 Å². The Morgan fingerprint density at radius 1 is 1.07 bits per heavy atom. The van der Waals surface area contributed by atoms with Crippen LogP contribution in [-0.2, 0) is 19.6 Å². The number of fused-ring (bicyclic) bond motifs is 1. The minimum absolute atomic E-state index is 0.185. The monoisotopic (exact) mass is 580 g/mol. The molecule has 6 rings (SSSR count). The number of carbonyl (C=O) groups excluding carboxylic acids is 3. The Balaban J connectivity index is 1.19. The molecular weight excluding hydrogens is 552 g/mol. The molecule has 3 aromatic rings. The number of Topliss-reactive ketones (excluding diaryl/α,β-unsaturated/α-hetero) is 1. The SMILES string of the molecule is O=C(NC(CC1CC1)C(=O)N1CCC2C1C(=O)CN2S(=O)(=O)c1cccc[n+]1[O-])c1ccc(-c2cccs2)cc1. The average Bonchev–Trinajstić information content (AvgIpc) is 3.31. The smallest absolute Gasteiger partial charge is 0.323 e. The first-order valence-electron chi connectivity index (χ1n) is 13.2. The van der Waals surface area contributed by atoms with Gasteiger partial charge in [0.1, 0.15) is 12.1 Å². The van der Waals surface area contributed by atoms with Crippen LogP contribution in [0.3, 0.4) is 0 Å². The summed E-state index contributed by atoms with van der Waals surface area (Å²) in [5.41, 5.74) is 1.42. The van der Waals surface area contributed by atoms with E-state index < -0.39 is 45.5 Å². The van der Waals surface area contributed by atoms with E-state index >= 15 is 0 Å². The maximum absolute atomic E-state index is 13.8. The van der Waals surface area contributed by atoms with Crippen molar-refractivity contribution in [2.75, 3.05) is 13.1 Å². The van der Waals surface area contributed by atoms with Gasteiger partial charge in [-0.3, -0.25) is 14.4 Å². The normalized spacial score (nSPS) is 21.8. The van der Waals surface area contributed by atoms with E-state index in [1.54, 1.807) is 23.5 Å². The molecule has 2 amide bonds. The van der Waals surface area contributed by atoms with Gasteiger partial charge in [0.15, 0.2) is 12.0 Å². The summed E-state index contributed by atoms with van der Waals surface area (Å²) in [6, 6.07) is 12.7. The summed E-state index contributed by atoms with van der Waals surface area (Å²) in [7, 11) is -4.25. The summed E-state index contributed by atoms with van der Waals surface area (Å²) in [5, 5.41) is 16.6. The van der Waals surface area contributed by atoms with E-state index in [0.717, 1.165) is 33.8 Å². The number of sulfonamides is 1. The van der Waals surface area contributed by atoms with Gasteiger partial charge in [-0.15, -0.1) is 11.3 Å². The molecule has 208 valence electrons. The second-order valence-electron chi connectivity index (χ2n) is 10.5. The number of hydrogen-bond acceptors (Lipinski definition) is 7. The van der Waals surface area contributed by atoms with Gasteiger partial charge in [0.25, 0.3) is 5.91 Å². The van der Waals surface area contributed by atoms with Gasteiger partial charge in [-0.1, -0.05) is 31.0 Å². The van der Waals surface area contributed by atoms with E-state index in [2.05, 4.69) is 5.32 Å². The van der Waals surface area contributed by atoms with Crippen molar-refractivity contribution in [2.24, 2.45) is 5.92 Å². The summed E-state index contributed by atoms with van der Waals surface area (Å²) >= 11 is 1.61. The van der Waals surface area contributed by atoms with Gasteiger partial charge in [0.2, 0.25) is 5.91 Å². The number of carbonyl (C=O) groups is 3. The molecule has 3 aliphatic rings. The summed E-state index contributed by atoms with van der Waals surface area (Å²) in [5.74, 6) is -0.836. The number of nitrogens with one attached hydrogen (secondary N) is 1. The number of benzene rings is 1. The largest absolute Gasteiger partial charge is 0.618 e. The fourth-order valence-electron chi connectivity index (χ4n) is 5.65. The lowest BCUT2D eigenvalue weighted by atomic mass is 10.1. The molecule has 1 aliphatic carbocycles. The van der Waals surface area contributed by atoms with Crippen LogP contribution in [0.5, 0.6) is 0 Å². The van der Waals surface area contributed by atoms with Crippen molar-refractivity contribution in [2.45, 2.75) is 48.8 Å². The van der Waals surface area contributed by atoms with Gasteiger partial charge in [-0.2, -0.15) is 9.04 Å². The third kappa shape index (κ3) is 4.91. The number of nitrogens with zero attached hydrogens (tertiary/aromatic N) is 3. The molecule has 2 aromatic heterocycles. The topological polar surface area (TPSA) is 131 Å². The summed E-state index contributed by atoms with van der Waals surface area (Å²) in [6.45, 7) is -0.225. The molecular formula is C28H28N4O6S2. The summed E-state index contributed by atoms with van der Waals surface area (Å²) < 4.78 is 27.9. The zero-order valence-electron chi connectivity index (χ0n) is 21.5. The first-order valence-corrected chi connectivity index (χ1v) is 15.5. The first kappa shape index (κ1) is 26.6. The highest BCUT2D eigenvalue weighted by atomic mass is 32.2. The number of ketones is 1. The standard InChI is InChI=1S/C28H28N4O6S2/c33-23-17-32(40(37,38)25-5-1-2-13-31(25)36)22-12-14-30(26(22)23)28(35)21(16-18-6-7-18)29-27(34)20-10-8-19(9-11-20)24-4-3-15-39-24/h1-5,8-11,13,15,18,21-22,26H,6-7,12,14,16-17H2,(H,29,34). The number of thiophene rings is 1. The van der Waals surface area contributed by atoms with Crippen molar-refractivity contribution in [1.82, 2.24) is 14.5 Å². The summed E-state index contributed by atoms with van der Waals surface area (Å²) in [6.07, 6.45) is 3.76. The van der Waals surface area contributed by atoms with Crippen LogP contribution in [0.4, 0.5) is 0 Å². The maximum atomic E-state index is 13.8. The second-order valence-corrected chi connectivity index (χ2v) is 13.3. The van der Waals surface area contributed by atoms with Crippen LogP contribution in [0.2, 0.25) is 0 Å². The quantitative estimate of drug-likeness (QED) is 0.321. The minimum atomic E-state index is -4.25. The Hall–Kier alpha value is -3.61. The Morgan fingerprint density at radius 2 is 1.85 bits per heavy atom. The number of likely N-dealkylation sites (tertiary alicyclic amines) is 1. The lowest BCUT2D eigenvalue weighted by molar-refractivity contribution is -0.646. The van der Waals surface area contributed by atoms with E-state index in [1.165, 1.54) is 23.1 Å². The molecule has 1 aromatic carbocycles. The van der Waals surface area contributed by atoms with Gasteiger partial charge >= 0.3 is 15.0 Å². The Morgan fingerprint density at radius 3 is 2.52 bits per heavy atom. The fraction of sp³-hybridized carbons (Fsp3) is 0.357. The molecule has 1 saturated carbocycles. The zero-order valence-corrected chi connectivity index (χ0v) is 23.1. The highest BCUT2D eigenvalue weighted by molar-refractivity contribution is 7.89. The predicted molar refractivity (Wildman–Crippen MR) is 147 cm³/mol. The third-order valence-electron chi connectivity index (χ3n) is 7.84. The van der Waals surface area contributed by atoms with Crippen LogP contribution in [0, 0.1) is 11.1 Å². The average molecular weight is 581 g/mol. The molecule has 2 saturated heterocycles. The molecule has 10 nitrogen and oxygen atoms in total. The van der Waals surface area contributed by atoms with Crippen molar-refractivity contribution in [3.05, 3.63) is 76.9 Å². The summed E-state index contributed by atoms with van der Waals surface area (Å²) in [4.78, 5) is 42.6. The van der Waals surface area contributed by atoms with Crippen molar-refractivity contribution in [3.63, 3.8) is 0 Å². The van der Waals surface area contributed by atoms with E-state index in [0.29, 0.717) is 17.9 Å². The third-order valence-corrected chi connectivity index (χ3v) is 10.6. The van der Waals surface area contributed by atoms with Crippen LogP contribution < -0.4 is 10.0 Å². The number of aromatic nitrogens is 1. The molecule has 0 bridgehead atoms. The lowest BCUT2D eigenvalue weighted by Gasteiger charge is -2.28. The van der Waals surface area contributed by atoms with E-state index in [4.69, 9.17) is 0 Å². The highest BCUT2D eigenvalue weighted by Gasteiger charge is 2.55. The number of hydrogen-bond donors (Lipinski definition) is 1. The van der Waals surface area contributed by atoms with Crippen LogP contribution in [0.1, 0.15) is 36.0 Å². The van der Waals surface area contributed by atoms with Crippen LogP contribution >= 0.6 is 11.3 Å². The van der Waals surface area contributed by atoms with Crippen molar-refractivity contribution in [1.29, 1.82) is 0 Å². The Bertz CT molecular complexity index is 1550. The van der Waals surface area contributed by atoms with Gasteiger partial charge in [-0.25, -0.2) is 8.42 Å². The highest BCUT2D eigenvalue weighted by Crippen LogP contribution is 2.37. The van der Waals surface area contributed by atoms with Gasteiger partial charge < -0.3 is 15.4 Å². The van der Waals surface area contributed by atoms with Crippen molar-refractivity contribution >= 4 is 39.0 Å². The molecule has 2 aliphatic heterocycles. The Kier molecular flexibility index (Phi) is 6.93. The lowest BCUT2D eigenvalue weighted by Crippen LogP contribution is -2.52.